The molecule has 1 amide bonds. The van der Waals surface area contributed by atoms with E-state index in [9.17, 15) is 13.6 Å². The molecule has 0 saturated carbocycles. The molecular weight excluding hydrogens is 196 g/mol. The summed E-state index contributed by atoms with van der Waals surface area (Å²) in [7, 11) is 0. The largest absolute Gasteiger partial charge is 0.444 e. The number of ether oxygens (including phenoxy) is 1. The molecule has 0 heterocycles. The first kappa shape index (κ1) is 13.1. The van der Waals surface area contributed by atoms with Crippen molar-refractivity contribution < 1.29 is 23.4 Å². The lowest BCUT2D eigenvalue weighted by molar-refractivity contribution is -0.00623. The first-order chi connectivity index (χ1) is 6.22. The minimum absolute atomic E-state index is 0.521. The van der Waals surface area contributed by atoms with Crippen molar-refractivity contribution in [2.45, 2.75) is 38.9 Å². The molecular formula is C8H15F2NO3. The number of alkyl carbamates (subject to hydrolysis) is 1. The van der Waals surface area contributed by atoms with Crippen LogP contribution in [0.15, 0.2) is 0 Å². The molecule has 0 radical (unpaired) electrons. The van der Waals surface area contributed by atoms with E-state index in [1.165, 1.54) is 0 Å². The van der Waals surface area contributed by atoms with Gasteiger partial charge in [0, 0.05) is 0 Å². The second kappa shape index (κ2) is 5.09. The summed E-state index contributed by atoms with van der Waals surface area (Å²) < 4.78 is 28.3. The molecule has 0 aliphatic carbocycles. The van der Waals surface area contributed by atoms with E-state index < -0.39 is 30.8 Å². The Morgan fingerprint density at radius 3 is 2.36 bits per heavy atom. The number of hydrogen-bond donors (Lipinski definition) is 2. The monoisotopic (exact) mass is 211 g/mol. The Hall–Kier alpha value is -0.910. The van der Waals surface area contributed by atoms with Crippen LogP contribution in [0.1, 0.15) is 20.8 Å². The molecule has 4 nitrogen and oxygen atoms in total. The number of halogens is 2. The normalized spacial score (nSPS) is 13.9. The third-order valence-corrected chi connectivity index (χ3v) is 1.15. The highest BCUT2D eigenvalue weighted by atomic mass is 19.3. The lowest BCUT2D eigenvalue weighted by atomic mass is 10.2. The molecule has 0 spiro atoms. The fourth-order valence-corrected chi connectivity index (χ4v) is 0.591. The van der Waals surface area contributed by atoms with Gasteiger partial charge in [0.25, 0.3) is 6.43 Å². The first-order valence-corrected chi connectivity index (χ1v) is 4.15. The second-order valence-electron chi connectivity index (χ2n) is 3.78. The van der Waals surface area contributed by atoms with Crippen molar-refractivity contribution in [2.24, 2.45) is 0 Å². The molecule has 0 aromatic heterocycles. The molecule has 0 aliphatic rings. The zero-order valence-electron chi connectivity index (χ0n) is 8.38. The average molecular weight is 211 g/mol. The topological polar surface area (TPSA) is 58.6 Å². The molecule has 0 bridgehead atoms. The van der Waals surface area contributed by atoms with Crippen molar-refractivity contribution in [3.8, 4) is 0 Å². The van der Waals surface area contributed by atoms with Gasteiger partial charge in [0.2, 0.25) is 0 Å². The van der Waals surface area contributed by atoms with Crippen LogP contribution < -0.4 is 5.32 Å². The van der Waals surface area contributed by atoms with Gasteiger partial charge in [-0.3, -0.25) is 0 Å². The highest BCUT2D eigenvalue weighted by Gasteiger charge is 2.20. The summed E-state index contributed by atoms with van der Waals surface area (Å²) in [6, 6.07) is 0. The number of carbonyl (C=O) groups excluding carboxylic acids is 1. The van der Waals surface area contributed by atoms with Crippen LogP contribution >= 0.6 is 0 Å². The van der Waals surface area contributed by atoms with Crippen LogP contribution in [0.25, 0.3) is 0 Å². The Bertz CT molecular complexity index is 192. The van der Waals surface area contributed by atoms with Gasteiger partial charge in [0.15, 0.2) is 0 Å². The van der Waals surface area contributed by atoms with Crippen molar-refractivity contribution in [1.82, 2.24) is 5.32 Å². The Morgan fingerprint density at radius 2 is 2.00 bits per heavy atom. The number of carbonyl (C=O) groups is 1. The van der Waals surface area contributed by atoms with Gasteiger partial charge in [-0.2, -0.15) is 0 Å². The molecule has 0 aromatic rings. The van der Waals surface area contributed by atoms with E-state index in [1.54, 1.807) is 20.8 Å². The van der Waals surface area contributed by atoms with Gasteiger partial charge in [0.05, 0.1) is 6.54 Å². The Morgan fingerprint density at radius 1 is 1.50 bits per heavy atom. The van der Waals surface area contributed by atoms with E-state index in [-0.39, 0.29) is 0 Å². The summed E-state index contributed by atoms with van der Waals surface area (Å²) in [5, 5.41) is 10.7. The summed E-state index contributed by atoms with van der Waals surface area (Å²) in [6.07, 6.45) is -5.55. The molecule has 1 atom stereocenters. The third-order valence-electron chi connectivity index (χ3n) is 1.15. The highest BCUT2D eigenvalue weighted by Crippen LogP contribution is 2.06. The lowest BCUT2D eigenvalue weighted by Crippen LogP contribution is -2.39. The number of hydrogen-bond acceptors (Lipinski definition) is 3. The van der Waals surface area contributed by atoms with Crippen molar-refractivity contribution in [2.75, 3.05) is 6.54 Å². The summed E-state index contributed by atoms with van der Waals surface area (Å²) in [5.41, 5.74) is -0.681. The van der Waals surface area contributed by atoms with Crippen LogP contribution in [0, 0.1) is 0 Å². The van der Waals surface area contributed by atoms with E-state index >= 15 is 0 Å². The summed E-state index contributed by atoms with van der Waals surface area (Å²) in [5.74, 6) is 0. The smallest absolute Gasteiger partial charge is 0.407 e. The van der Waals surface area contributed by atoms with E-state index in [1.807, 2.05) is 5.32 Å². The SMILES string of the molecule is CC(C)(C)OC(=O)NCC(O)C(F)F. The number of amides is 1. The lowest BCUT2D eigenvalue weighted by Gasteiger charge is -2.20. The van der Waals surface area contributed by atoms with Crippen LogP contribution in [-0.2, 0) is 4.74 Å². The van der Waals surface area contributed by atoms with Gasteiger partial charge in [-0.05, 0) is 20.8 Å². The summed E-state index contributed by atoms with van der Waals surface area (Å²) >= 11 is 0. The number of aliphatic hydroxyl groups is 1. The standard InChI is InChI=1S/C8H15F2NO3/c1-8(2,3)14-7(13)11-4-5(12)6(9)10/h5-6,12H,4H2,1-3H3,(H,11,13). The van der Waals surface area contributed by atoms with Crippen LogP contribution in [0.2, 0.25) is 0 Å². The fourth-order valence-electron chi connectivity index (χ4n) is 0.591. The first-order valence-electron chi connectivity index (χ1n) is 4.15. The molecule has 84 valence electrons. The maximum absolute atomic E-state index is 11.8. The molecule has 0 aromatic carbocycles. The molecule has 14 heavy (non-hydrogen) atoms. The highest BCUT2D eigenvalue weighted by molar-refractivity contribution is 5.67. The Kier molecular flexibility index (Phi) is 4.76. The van der Waals surface area contributed by atoms with Gasteiger partial charge >= 0.3 is 6.09 Å². The number of nitrogens with one attached hydrogen (secondary N) is 1. The molecule has 1 unspecified atom stereocenters. The van der Waals surface area contributed by atoms with Gasteiger partial charge in [-0.1, -0.05) is 0 Å². The quantitative estimate of drug-likeness (QED) is 0.735. The predicted molar refractivity (Wildman–Crippen MR) is 46.2 cm³/mol. The van der Waals surface area contributed by atoms with Gasteiger partial charge in [0.1, 0.15) is 11.7 Å². The summed E-state index contributed by atoms with van der Waals surface area (Å²) in [4.78, 5) is 10.9. The third kappa shape index (κ3) is 6.59. The van der Waals surface area contributed by atoms with E-state index in [0.717, 1.165) is 0 Å². The zero-order chi connectivity index (χ0) is 11.4. The second-order valence-corrected chi connectivity index (χ2v) is 3.78. The predicted octanol–water partition coefficient (Wildman–Crippen LogP) is 1.14. The maximum atomic E-state index is 11.8. The number of aliphatic hydroxyl groups excluding tert-OH is 1. The van der Waals surface area contributed by atoms with Crippen molar-refractivity contribution in [3.05, 3.63) is 0 Å². The van der Waals surface area contributed by atoms with Crippen LogP contribution in [0.3, 0.4) is 0 Å². The number of rotatable bonds is 3. The van der Waals surface area contributed by atoms with Crippen molar-refractivity contribution in [1.29, 1.82) is 0 Å². The molecule has 6 heteroatoms. The van der Waals surface area contributed by atoms with Crippen molar-refractivity contribution >= 4 is 6.09 Å². The van der Waals surface area contributed by atoms with Gasteiger partial charge in [-0.15, -0.1) is 0 Å². The fraction of sp³-hybridized carbons (Fsp3) is 0.875. The van der Waals surface area contributed by atoms with Gasteiger partial charge < -0.3 is 15.2 Å². The van der Waals surface area contributed by atoms with Crippen LogP contribution in [0.4, 0.5) is 13.6 Å². The molecule has 2 N–H and O–H groups in total. The number of alkyl halides is 2. The van der Waals surface area contributed by atoms with Crippen molar-refractivity contribution in [3.63, 3.8) is 0 Å². The van der Waals surface area contributed by atoms with Crippen LogP contribution in [0.5, 0.6) is 0 Å². The van der Waals surface area contributed by atoms with E-state index in [4.69, 9.17) is 9.84 Å². The van der Waals surface area contributed by atoms with Gasteiger partial charge in [-0.25, -0.2) is 13.6 Å². The zero-order valence-corrected chi connectivity index (χ0v) is 8.38. The van der Waals surface area contributed by atoms with E-state index in [0.29, 0.717) is 0 Å². The Labute approximate surface area is 81.2 Å². The van der Waals surface area contributed by atoms with E-state index in [2.05, 4.69) is 0 Å². The Balaban J connectivity index is 3.75. The molecule has 0 aliphatic heterocycles. The maximum Gasteiger partial charge on any atom is 0.407 e. The molecule has 0 saturated heterocycles. The summed E-state index contributed by atoms with van der Waals surface area (Å²) in [6.45, 7) is 4.43. The minimum Gasteiger partial charge on any atom is -0.444 e. The molecule has 0 rings (SSSR count). The molecule has 0 fully saturated rings. The minimum atomic E-state index is -2.87. The average Bonchev–Trinajstić information content (AvgIpc) is 1.96. The van der Waals surface area contributed by atoms with Crippen LogP contribution in [-0.4, -0.2) is 35.9 Å².